The van der Waals surface area contributed by atoms with Crippen LogP contribution in [0.2, 0.25) is 0 Å². The quantitative estimate of drug-likeness (QED) is 0.586. The number of nitrogens with one attached hydrogen (secondary N) is 1. The van der Waals surface area contributed by atoms with E-state index in [2.05, 4.69) is 15.1 Å². The number of nitrogen functional groups attached to an aromatic ring is 1. The maximum Gasteiger partial charge on any atom is 0.222 e. The van der Waals surface area contributed by atoms with Crippen molar-refractivity contribution in [1.82, 2.24) is 19.6 Å². The van der Waals surface area contributed by atoms with E-state index < -0.39 is 0 Å². The van der Waals surface area contributed by atoms with Crippen LogP contribution in [0.3, 0.4) is 0 Å². The molecular weight excluding hydrogens is 174 g/mol. The van der Waals surface area contributed by atoms with Gasteiger partial charge in [-0.25, -0.2) is 14.5 Å². The van der Waals surface area contributed by atoms with Gasteiger partial charge in [0.05, 0.1) is 0 Å². The molecule has 2 aromatic rings. The van der Waals surface area contributed by atoms with Crippen LogP contribution in [0.1, 0.15) is 5.56 Å². The number of nitrogens with two attached hydrogens (primary N) is 1. The van der Waals surface area contributed by atoms with Crippen LogP contribution in [0.25, 0.3) is 5.65 Å². The zero-order chi connectivity index (χ0) is 8.72. The van der Waals surface area contributed by atoms with Crippen molar-refractivity contribution >= 4 is 23.7 Å². The lowest BCUT2D eigenvalue weighted by atomic mass is 10.3. The molecule has 2 heterocycles. The lowest BCUT2D eigenvalue weighted by Gasteiger charge is -1.99. The zero-order valence-electron chi connectivity index (χ0n) is 6.40. The van der Waals surface area contributed by atoms with Crippen LogP contribution in [-0.4, -0.2) is 19.6 Å². The maximum absolute atomic E-state index is 5.60. The topological polar surface area (TPSA) is 72.0 Å². The molecule has 0 unspecified atom stereocenters. The smallest absolute Gasteiger partial charge is 0.222 e. The summed E-state index contributed by atoms with van der Waals surface area (Å²) in [5.41, 5.74) is 7.17. The van der Waals surface area contributed by atoms with E-state index in [9.17, 15) is 0 Å². The third kappa shape index (κ3) is 0.814. The second-order valence-electron chi connectivity index (χ2n) is 2.45. The Bertz CT molecular complexity index is 482. The van der Waals surface area contributed by atoms with Crippen molar-refractivity contribution in [2.24, 2.45) is 0 Å². The molecule has 0 radical (unpaired) electrons. The third-order valence-electron chi connectivity index (χ3n) is 1.71. The summed E-state index contributed by atoms with van der Waals surface area (Å²) in [5.74, 6) is 0.437. The first-order chi connectivity index (χ1) is 5.70. The average molecular weight is 181 g/mol. The molecule has 12 heavy (non-hydrogen) atoms. The normalized spacial score (nSPS) is 10.8. The van der Waals surface area contributed by atoms with Crippen LogP contribution in [0.15, 0.2) is 6.33 Å². The molecule has 0 aromatic carbocycles. The number of nitrogens with zero attached hydrogens (tertiary/aromatic N) is 3. The number of rotatable bonds is 0. The van der Waals surface area contributed by atoms with Crippen molar-refractivity contribution in [1.29, 1.82) is 0 Å². The molecule has 5 nitrogen and oxygen atoms in total. The first-order valence-corrected chi connectivity index (χ1v) is 3.79. The Morgan fingerprint density at radius 2 is 2.42 bits per heavy atom. The second kappa shape index (κ2) is 2.28. The average Bonchev–Trinajstić information content (AvgIpc) is 2.48. The van der Waals surface area contributed by atoms with Crippen LogP contribution >= 0.6 is 12.2 Å². The molecule has 0 amide bonds. The molecule has 0 fully saturated rings. The van der Waals surface area contributed by atoms with Crippen LogP contribution in [0, 0.1) is 11.7 Å². The van der Waals surface area contributed by atoms with Crippen molar-refractivity contribution in [3.05, 3.63) is 16.7 Å². The summed E-state index contributed by atoms with van der Waals surface area (Å²) in [5, 5.41) is 2.84. The van der Waals surface area contributed by atoms with E-state index in [0.29, 0.717) is 10.6 Å². The van der Waals surface area contributed by atoms with Crippen LogP contribution < -0.4 is 5.73 Å². The van der Waals surface area contributed by atoms with Crippen molar-refractivity contribution < 1.29 is 0 Å². The van der Waals surface area contributed by atoms with Gasteiger partial charge in [-0.1, -0.05) is 0 Å². The van der Waals surface area contributed by atoms with Gasteiger partial charge in [-0.15, -0.1) is 0 Å². The van der Waals surface area contributed by atoms with Gasteiger partial charge in [0.2, 0.25) is 4.77 Å². The first kappa shape index (κ1) is 7.23. The fourth-order valence-electron chi connectivity index (χ4n) is 1.03. The van der Waals surface area contributed by atoms with Gasteiger partial charge in [0, 0.05) is 5.56 Å². The lowest BCUT2D eigenvalue weighted by molar-refractivity contribution is 0.898. The Morgan fingerprint density at radius 3 is 3.17 bits per heavy atom. The number of hydrogen-bond donors (Lipinski definition) is 2. The van der Waals surface area contributed by atoms with Gasteiger partial charge < -0.3 is 5.73 Å². The summed E-state index contributed by atoms with van der Waals surface area (Å²) in [6.07, 6.45) is 1.55. The number of H-pyrrole nitrogens is 1. The number of fused-ring (bicyclic) bond motifs is 1. The van der Waals surface area contributed by atoms with Crippen molar-refractivity contribution in [2.75, 3.05) is 5.73 Å². The fraction of sp³-hybridized carbons (Fsp3) is 0.167. The van der Waals surface area contributed by atoms with Gasteiger partial charge >= 0.3 is 0 Å². The Hall–Kier alpha value is -1.43. The zero-order valence-corrected chi connectivity index (χ0v) is 7.22. The number of aromatic amines is 1. The first-order valence-electron chi connectivity index (χ1n) is 3.38. The number of hydrogen-bond acceptors (Lipinski definition) is 4. The van der Waals surface area contributed by atoms with E-state index in [4.69, 9.17) is 18.0 Å². The molecular formula is C6H7N5S. The molecule has 0 aliphatic heterocycles. The van der Waals surface area contributed by atoms with E-state index in [0.717, 1.165) is 11.2 Å². The Morgan fingerprint density at radius 1 is 1.67 bits per heavy atom. The predicted molar refractivity (Wildman–Crippen MR) is 47.3 cm³/mol. The minimum Gasteiger partial charge on any atom is -0.383 e. The van der Waals surface area contributed by atoms with Gasteiger partial charge in [-0.3, -0.25) is 5.10 Å². The highest BCUT2D eigenvalue weighted by atomic mass is 32.1. The third-order valence-corrected chi connectivity index (χ3v) is 1.99. The maximum atomic E-state index is 5.60. The highest BCUT2D eigenvalue weighted by molar-refractivity contribution is 7.71. The molecule has 0 aliphatic carbocycles. The summed E-state index contributed by atoms with van der Waals surface area (Å²) in [6, 6.07) is 0. The molecule has 0 aliphatic rings. The van der Waals surface area contributed by atoms with E-state index >= 15 is 0 Å². The molecule has 0 saturated carbocycles. The van der Waals surface area contributed by atoms with Gasteiger partial charge in [0.1, 0.15) is 12.1 Å². The Kier molecular flexibility index (Phi) is 1.37. The van der Waals surface area contributed by atoms with Crippen LogP contribution in [0.4, 0.5) is 5.82 Å². The number of aromatic nitrogens is 4. The summed E-state index contributed by atoms with van der Waals surface area (Å²) in [6.45, 7) is 1.85. The molecule has 2 rings (SSSR count). The lowest BCUT2D eigenvalue weighted by Crippen LogP contribution is -2.01. The number of aryl methyl sites for hydroxylation is 1. The van der Waals surface area contributed by atoms with Crippen molar-refractivity contribution in [3.8, 4) is 0 Å². The standard InChI is InChI=1S/C6H7N5S/c1-3-4(7)10-6(12)11-5(3)8-2-9-11/h2H,1H3,(H,8,9)(H2,7,10,12). The summed E-state index contributed by atoms with van der Waals surface area (Å²) >= 11 is 4.96. The van der Waals surface area contributed by atoms with Crippen LogP contribution in [-0.2, 0) is 0 Å². The van der Waals surface area contributed by atoms with E-state index in [1.165, 1.54) is 0 Å². The van der Waals surface area contributed by atoms with Gasteiger partial charge in [0.25, 0.3) is 0 Å². The van der Waals surface area contributed by atoms with Gasteiger partial charge in [-0.2, -0.15) is 0 Å². The van der Waals surface area contributed by atoms with E-state index in [1.54, 1.807) is 10.8 Å². The SMILES string of the molecule is Cc1c(N)nc(=S)n2[nH]cnc12. The largest absolute Gasteiger partial charge is 0.383 e. The van der Waals surface area contributed by atoms with Crippen molar-refractivity contribution in [3.63, 3.8) is 0 Å². The van der Waals surface area contributed by atoms with E-state index in [1.807, 2.05) is 6.92 Å². The molecule has 0 saturated heterocycles. The second-order valence-corrected chi connectivity index (χ2v) is 2.82. The van der Waals surface area contributed by atoms with Gasteiger partial charge in [0.15, 0.2) is 5.65 Å². The highest BCUT2D eigenvalue weighted by Crippen LogP contribution is 2.11. The summed E-state index contributed by atoms with van der Waals surface area (Å²) < 4.78 is 2.01. The number of anilines is 1. The van der Waals surface area contributed by atoms with E-state index in [-0.39, 0.29) is 0 Å². The minimum absolute atomic E-state index is 0.394. The van der Waals surface area contributed by atoms with Crippen LogP contribution in [0.5, 0.6) is 0 Å². The minimum atomic E-state index is 0.394. The Balaban J connectivity index is 3.07. The van der Waals surface area contributed by atoms with Gasteiger partial charge in [-0.05, 0) is 19.1 Å². The van der Waals surface area contributed by atoms with Crippen molar-refractivity contribution in [2.45, 2.75) is 6.92 Å². The molecule has 6 heteroatoms. The Labute approximate surface area is 73.2 Å². The molecule has 0 bridgehead atoms. The molecule has 62 valence electrons. The predicted octanol–water partition coefficient (Wildman–Crippen LogP) is 0.678. The summed E-state index contributed by atoms with van der Waals surface area (Å²) in [7, 11) is 0. The summed E-state index contributed by atoms with van der Waals surface area (Å²) in [4.78, 5) is 8.02. The molecule has 3 N–H and O–H groups in total. The molecule has 2 aromatic heterocycles. The molecule has 0 spiro atoms. The fourth-order valence-corrected chi connectivity index (χ4v) is 1.27. The monoisotopic (exact) mass is 181 g/mol. The highest BCUT2D eigenvalue weighted by Gasteiger charge is 2.04. The molecule has 0 atom stereocenters.